The van der Waals surface area contributed by atoms with Gasteiger partial charge in [-0.05, 0) is 73.4 Å². The van der Waals surface area contributed by atoms with Crippen LogP contribution in [0.15, 0.2) is 65.8 Å². The molecular formula is C25H25ClN4O4S. The van der Waals surface area contributed by atoms with Gasteiger partial charge in [-0.25, -0.2) is 8.42 Å². The first-order valence-electron chi connectivity index (χ1n) is 11.0. The van der Waals surface area contributed by atoms with Crippen molar-refractivity contribution in [3.05, 3.63) is 82.6 Å². The highest BCUT2D eigenvalue weighted by Gasteiger charge is 2.42. The van der Waals surface area contributed by atoms with E-state index >= 15 is 0 Å². The molecule has 0 aliphatic carbocycles. The van der Waals surface area contributed by atoms with Crippen LogP contribution >= 0.6 is 11.6 Å². The quantitative estimate of drug-likeness (QED) is 0.502. The Labute approximate surface area is 209 Å². The van der Waals surface area contributed by atoms with Gasteiger partial charge in [0.2, 0.25) is 11.8 Å². The lowest BCUT2D eigenvalue weighted by atomic mass is 10.1. The number of hydrogen-bond donors (Lipinski definition) is 2. The number of carbonyl (C=O) groups excluding carboxylic acids is 2. The maximum Gasteiger partial charge on any atom is 0.265 e. The van der Waals surface area contributed by atoms with Crippen LogP contribution in [0.2, 0.25) is 5.02 Å². The van der Waals surface area contributed by atoms with Gasteiger partial charge in [-0.2, -0.15) is 0 Å². The second-order valence-corrected chi connectivity index (χ2v) is 10.5. The molecule has 0 fully saturated rings. The molecule has 2 heterocycles. The highest BCUT2D eigenvalue weighted by atomic mass is 35.5. The lowest BCUT2D eigenvalue weighted by Gasteiger charge is -2.37. The van der Waals surface area contributed by atoms with E-state index in [1.165, 1.54) is 6.07 Å². The van der Waals surface area contributed by atoms with Gasteiger partial charge in [-0.3, -0.25) is 18.9 Å². The number of halogens is 1. The molecule has 1 atom stereocenters. The van der Waals surface area contributed by atoms with Gasteiger partial charge in [-0.15, -0.1) is 0 Å². The smallest absolute Gasteiger partial charge is 0.265 e. The van der Waals surface area contributed by atoms with E-state index in [0.717, 1.165) is 9.87 Å². The maximum absolute atomic E-state index is 13.9. The largest absolute Gasteiger partial charge is 0.356 e. The van der Waals surface area contributed by atoms with Gasteiger partial charge in [0.1, 0.15) is 6.04 Å². The van der Waals surface area contributed by atoms with E-state index < -0.39 is 27.9 Å². The molecule has 2 aromatic carbocycles. The van der Waals surface area contributed by atoms with E-state index in [1.54, 1.807) is 56.6 Å². The number of pyridine rings is 1. The van der Waals surface area contributed by atoms with E-state index in [-0.39, 0.29) is 11.3 Å². The number of anilines is 2. The van der Waals surface area contributed by atoms with Gasteiger partial charge in [-0.1, -0.05) is 23.7 Å². The van der Waals surface area contributed by atoms with Crippen LogP contribution in [0.4, 0.5) is 11.4 Å². The van der Waals surface area contributed by atoms with Crippen molar-refractivity contribution in [2.24, 2.45) is 0 Å². The van der Waals surface area contributed by atoms with Crippen molar-refractivity contribution in [1.29, 1.82) is 0 Å². The van der Waals surface area contributed by atoms with E-state index in [4.69, 9.17) is 11.6 Å². The molecule has 0 unspecified atom stereocenters. The van der Waals surface area contributed by atoms with Crippen molar-refractivity contribution >= 4 is 44.8 Å². The number of nitrogens with one attached hydrogen (secondary N) is 2. The summed E-state index contributed by atoms with van der Waals surface area (Å²) in [5, 5.41) is 5.96. The van der Waals surface area contributed by atoms with Crippen molar-refractivity contribution in [2.45, 2.75) is 37.6 Å². The van der Waals surface area contributed by atoms with Crippen LogP contribution in [0, 0.1) is 13.8 Å². The molecule has 3 aromatic rings. The minimum Gasteiger partial charge on any atom is -0.356 e. The second-order valence-electron chi connectivity index (χ2n) is 8.35. The minimum absolute atomic E-state index is 0.0343. The molecular weight excluding hydrogens is 488 g/mol. The third kappa shape index (κ3) is 5.16. The summed E-state index contributed by atoms with van der Waals surface area (Å²) in [6.07, 6.45) is 3.59. The molecule has 1 aliphatic heterocycles. The molecule has 0 saturated heterocycles. The molecule has 0 bridgehead atoms. The third-order valence-corrected chi connectivity index (χ3v) is 8.21. The number of carbonyl (C=O) groups is 2. The predicted octanol–water partition coefficient (Wildman–Crippen LogP) is 3.62. The van der Waals surface area contributed by atoms with Crippen molar-refractivity contribution in [1.82, 2.24) is 10.3 Å². The van der Waals surface area contributed by atoms with Gasteiger partial charge in [0.15, 0.2) is 0 Å². The second kappa shape index (κ2) is 10.1. The fraction of sp³-hybridized carbons (Fsp3) is 0.240. The monoisotopic (exact) mass is 512 g/mol. The zero-order chi connectivity index (χ0) is 25.2. The first-order chi connectivity index (χ1) is 16.7. The fourth-order valence-electron chi connectivity index (χ4n) is 4.02. The van der Waals surface area contributed by atoms with E-state index in [1.807, 2.05) is 12.1 Å². The Balaban J connectivity index is 1.65. The number of amides is 2. The molecule has 2 N–H and O–H groups in total. The van der Waals surface area contributed by atoms with Gasteiger partial charge in [0.05, 0.1) is 22.7 Å². The lowest BCUT2D eigenvalue weighted by molar-refractivity contribution is -0.125. The SMILES string of the molecule is Cc1cc(S(=O)(=O)N2c3ccccc3NC(=O)[C@H]2CC(=O)NCCc2ccncc2)c(C)cc1Cl. The van der Waals surface area contributed by atoms with Crippen molar-refractivity contribution in [2.75, 3.05) is 16.2 Å². The van der Waals surface area contributed by atoms with E-state index in [2.05, 4.69) is 15.6 Å². The summed E-state index contributed by atoms with van der Waals surface area (Å²) in [6, 6.07) is 12.1. The zero-order valence-corrected chi connectivity index (χ0v) is 20.9. The standard InChI is InChI=1S/C25H25ClN4O4S/c1-16-14-23(17(2)13-19(16)26)35(33,34)30-21-6-4-3-5-20(21)29-25(32)22(30)15-24(31)28-12-9-18-7-10-27-11-8-18/h3-8,10-11,13-14,22H,9,12,15H2,1-2H3,(H,28,31)(H,29,32)/t22-/m1/s1. The third-order valence-electron chi connectivity index (χ3n) is 5.84. The number of rotatable bonds is 7. The van der Waals surface area contributed by atoms with Crippen LogP contribution in [-0.2, 0) is 26.0 Å². The fourth-order valence-corrected chi connectivity index (χ4v) is 6.16. The number of benzene rings is 2. The first-order valence-corrected chi connectivity index (χ1v) is 12.9. The zero-order valence-electron chi connectivity index (χ0n) is 19.3. The molecule has 35 heavy (non-hydrogen) atoms. The molecule has 0 spiro atoms. The first kappa shape index (κ1) is 24.7. The Kier molecular flexibility index (Phi) is 7.09. The molecule has 4 rings (SSSR count). The summed E-state index contributed by atoms with van der Waals surface area (Å²) in [7, 11) is -4.21. The molecule has 182 valence electrons. The molecule has 0 saturated carbocycles. The summed E-state index contributed by atoms with van der Waals surface area (Å²) in [4.78, 5) is 29.8. The van der Waals surface area contributed by atoms with Crippen LogP contribution < -0.4 is 14.9 Å². The Morgan fingerprint density at radius 2 is 1.83 bits per heavy atom. The van der Waals surface area contributed by atoms with Gasteiger partial charge in [0, 0.05) is 24.0 Å². The Bertz CT molecular complexity index is 1380. The minimum atomic E-state index is -4.21. The lowest BCUT2D eigenvalue weighted by Crippen LogP contribution is -2.53. The summed E-state index contributed by atoms with van der Waals surface area (Å²) in [5.74, 6) is -0.998. The normalized spacial score (nSPS) is 15.3. The topological polar surface area (TPSA) is 108 Å². The average molecular weight is 513 g/mol. The highest BCUT2D eigenvalue weighted by Crippen LogP contribution is 2.38. The summed E-state index contributed by atoms with van der Waals surface area (Å²) in [5.41, 5.74) is 2.70. The predicted molar refractivity (Wildman–Crippen MR) is 135 cm³/mol. The molecule has 2 amide bonds. The van der Waals surface area contributed by atoms with Crippen molar-refractivity contribution in [3.8, 4) is 0 Å². The van der Waals surface area contributed by atoms with Gasteiger partial charge < -0.3 is 10.6 Å². The van der Waals surface area contributed by atoms with Gasteiger partial charge >= 0.3 is 0 Å². The van der Waals surface area contributed by atoms with Crippen molar-refractivity contribution < 1.29 is 18.0 Å². The molecule has 0 radical (unpaired) electrons. The Morgan fingerprint density at radius 3 is 2.57 bits per heavy atom. The summed E-state index contributed by atoms with van der Waals surface area (Å²) in [6.45, 7) is 3.70. The average Bonchev–Trinajstić information content (AvgIpc) is 2.82. The van der Waals surface area contributed by atoms with Crippen LogP contribution in [-0.4, -0.2) is 37.8 Å². The number of sulfonamides is 1. The van der Waals surface area contributed by atoms with Crippen molar-refractivity contribution in [3.63, 3.8) is 0 Å². The van der Waals surface area contributed by atoms with E-state index in [0.29, 0.717) is 40.5 Å². The number of fused-ring (bicyclic) bond motifs is 1. The number of para-hydroxylation sites is 2. The Morgan fingerprint density at radius 1 is 1.11 bits per heavy atom. The van der Waals surface area contributed by atoms with Crippen LogP contribution in [0.3, 0.4) is 0 Å². The number of aryl methyl sites for hydroxylation is 2. The summed E-state index contributed by atoms with van der Waals surface area (Å²) < 4.78 is 28.9. The van der Waals surface area contributed by atoms with Gasteiger partial charge in [0.25, 0.3) is 10.0 Å². The maximum atomic E-state index is 13.9. The van der Waals surface area contributed by atoms with Crippen LogP contribution in [0.1, 0.15) is 23.1 Å². The van der Waals surface area contributed by atoms with Crippen LogP contribution in [0.5, 0.6) is 0 Å². The highest BCUT2D eigenvalue weighted by molar-refractivity contribution is 7.93. The van der Waals surface area contributed by atoms with Crippen LogP contribution in [0.25, 0.3) is 0 Å². The number of aromatic nitrogens is 1. The molecule has 1 aliphatic rings. The number of hydrogen-bond acceptors (Lipinski definition) is 5. The van der Waals surface area contributed by atoms with E-state index in [9.17, 15) is 18.0 Å². The number of nitrogens with zero attached hydrogens (tertiary/aromatic N) is 2. The molecule has 1 aromatic heterocycles. The Hall–Kier alpha value is -3.43. The molecule has 8 nitrogen and oxygen atoms in total. The molecule has 10 heteroatoms. The summed E-state index contributed by atoms with van der Waals surface area (Å²) >= 11 is 6.19.